The van der Waals surface area contributed by atoms with Crippen molar-refractivity contribution < 1.29 is 5.11 Å². The molecule has 0 saturated carbocycles. The van der Waals surface area contributed by atoms with Crippen molar-refractivity contribution in [1.82, 2.24) is 9.88 Å². The molecule has 0 bridgehead atoms. The number of halogens is 1. The summed E-state index contributed by atoms with van der Waals surface area (Å²) in [6, 6.07) is 16.1. The Balaban J connectivity index is 1.67. The van der Waals surface area contributed by atoms with Crippen molar-refractivity contribution in [3.63, 3.8) is 0 Å². The first kappa shape index (κ1) is 17.0. The predicted octanol–water partition coefficient (Wildman–Crippen LogP) is 4.58. The van der Waals surface area contributed by atoms with Gasteiger partial charge in [-0.15, -0.1) is 0 Å². The predicted molar refractivity (Wildman–Crippen MR) is 110 cm³/mol. The van der Waals surface area contributed by atoms with Crippen LogP contribution in [0.4, 0.5) is 0 Å². The maximum Gasteiger partial charge on any atom is 0.115 e. The van der Waals surface area contributed by atoms with Gasteiger partial charge in [0.15, 0.2) is 0 Å². The van der Waals surface area contributed by atoms with Crippen LogP contribution in [-0.4, -0.2) is 35.1 Å². The highest BCUT2D eigenvalue weighted by atomic mass is 35.5. The van der Waals surface area contributed by atoms with E-state index in [0.717, 1.165) is 48.3 Å². The molecule has 1 aromatic heterocycles. The number of fused-ring (bicyclic) bond motifs is 3. The molecule has 1 saturated heterocycles. The molecule has 0 spiro atoms. The SMILES string of the molecule is CN1CC[C@@]2(c3cccc(O)c3)Cc3nc4cccc(Cl)c4cc3C[C@H]2C1. The second-order valence-corrected chi connectivity index (χ2v) is 8.60. The Morgan fingerprint density at radius 1 is 1.19 bits per heavy atom. The van der Waals surface area contributed by atoms with Gasteiger partial charge in [0.25, 0.3) is 0 Å². The number of piperidine rings is 1. The lowest BCUT2D eigenvalue weighted by Crippen LogP contribution is -2.53. The number of benzene rings is 2. The van der Waals surface area contributed by atoms with Crippen molar-refractivity contribution >= 4 is 22.5 Å². The molecule has 2 aromatic carbocycles. The first-order chi connectivity index (χ1) is 13.0. The lowest BCUT2D eigenvalue weighted by atomic mass is 9.58. The summed E-state index contributed by atoms with van der Waals surface area (Å²) in [5, 5.41) is 11.9. The number of aromatic hydroxyl groups is 1. The van der Waals surface area contributed by atoms with Gasteiger partial charge in [0.05, 0.1) is 5.52 Å². The fraction of sp³-hybridized carbons (Fsp3) is 0.348. The molecule has 1 N–H and O–H groups in total. The summed E-state index contributed by atoms with van der Waals surface area (Å²) in [7, 11) is 2.21. The van der Waals surface area contributed by atoms with Crippen molar-refractivity contribution in [1.29, 1.82) is 0 Å². The Labute approximate surface area is 164 Å². The standard InChI is InChI=1S/C23H23ClN2O/c1-26-9-8-23(16-4-2-5-18(27)12-16)13-22-15(10-17(23)14-26)11-19-20(24)6-3-7-21(19)25-22/h2-7,11-12,17,27H,8-10,13-14H2,1H3/t17-,23-/m0/s1. The first-order valence-electron chi connectivity index (χ1n) is 9.60. The number of nitrogens with zero attached hydrogens (tertiary/aromatic N) is 2. The van der Waals surface area contributed by atoms with E-state index in [-0.39, 0.29) is 5.41 Å². The van der Waals surface area contributed by atoms with E-state index >= 15 is 0 Å². The summed E-state index contributed by atoms with van der Waals surface area (Å²) in [6.45, 7) is 2.14. The zero-order valence-electron chi connectivity index (χ0n) is 15.5. The number of likely N-dealkylation sites (tertiary alicyclic amines) is 1. The average molecular weight is 379 g/mol. The Hall–Kier alpha value is -2.10. The molecule has 0 unspecified atom stereocenters. The molecule has 3 nitrogen and oxygen atoms in total. The van der Waals surface area contributed by atoms with Gasteiger partial charge in [-0.2, -0.15) is 0 Å². The van der Waals surface area contributed by atoms with Crippen LogP contribution in [0.1, 0.15) is 23.2 Å². The quantitative estimate of drug-likeness (QED) is 0.673. The lowest BCUT2D eigenvalue weighted by molar-refractivity contribution is 0.0987. The molecule has 1 fully saturated rings. The van der Waals surface area contributed by atoms with E-state index in [1.54, 1.807) is 6.07 Å². The molecule has 5 rings (SSSR count). The molecule has 1 aliphatic heterocycles. The molecule has 2 aliphatic rings. The monoisotopic (exact) mass is 378 g/mol. The van der Waals surface area contributed by atoms with E-state index in [1.807, 2.05) is 30.3 Å². The maximum absolute atomic E-state index is 10.1. The van der Waals surface area contributed by atoms with Crippen LogP contribution in [-0.2, 0) is 18.3 Å². The third-order valence-corrected chi connectivity index (χ3v) is 6.93. The summed E-state index contributed by atoms with van der Waals surface area (Å²) < 4.78 is 0. The molecule has 3 aromatic rings. The summed E-state index contributed by atoms with van der Waals surface area (Å²) in [4.78, 5) is 7.45. The molecule has 0 radical (unpaired) electrons. The molecule has 2 heterocycles. The number of pyridine rings is 1. The Morgan fingerprint density at radius 3 is 2.89 bits per heavy atom. The molecule has 27 heavy (non-hydrogen) atoms. The zero-order chi connectivity index (χ0) is 18.6. The van der Waals surface area contributed by atoms with Gasteiger partial charge >= 0.3 is 0 Å². The van der Waals surface area contributed by atoms with E-state index in [9.17, 15) is 5.11 Å². The van der Waals surface area contributed by atoms with Gasteiger partial charge in [-0.3, -0.25) is 4.98 Å². The summed E-state index contributed by atoms with van der Waals surface area (Å²) in [6.07, 6.45) is 3.02. The number of phenols is 1. The van der Waals surface area contributed by atoms with Crippen LogP contribution in [0.2, 0.25) is 5.02 Å². The molecule has 138 valence electrons. The van der Waals surface area contributed by atoms with Crippen LogP contribution in [0.25, 0.3) is 10.9 Å². The minimum Gasteiger partial charge on any atom is -0.508 e. The van der Waals surface area contributed by atoms with E-state index < -0.39 is 0 Å². The third-order valence-electron chi connectivity index (χ3n) is 6.60. The smallest absolute Gasteiger partial charge is 0.115 e. The molecule has 0 amide bonds. The minimum absolute atomic E-state index is 0.0392. The Bertz CT molecular complexity index is 1030. The highest BCUT2D eigenvalue weighted by Crippen LogP contribution is 2.48. The zero-order valence-corrected chi connectivity index (χ0v) is 16.2. The van der Waals surface area contributed by atoms with Gasteiger partial charge in [0.2, 0.25) is 0 Å². The fourth-order valence-electron chi connectivity index (χ4n) is 5.16. The number of hydrogen-bond acceptors (Lipinski definition) is 3. The topological polar surface area (TPSA) is 36.4 Å². The summed E-state index contributed by atoms with van der Waals surface area (Å²) in [5.74, 6) is 0.857. The second-order valence-electron chi connectivity index (χ2n) is 8.20. The van der Waals surface area contributed by atoms with Crippen molar-refractivity contribution in [2.24, 2.45) is 5.92 Å². The van der Waals surface area contributed by atoms with Crippen LogP contribution in [0.3, 0.4) is 0 Å². The summed E-state index contributed by atoms with van der Waals surface area (Å²) in [5.41, 5.74) is 4.77. The van der Waals surface area contributed by atoms with Crippen LogP contribution >= 0.6 is 11.6 Å². The number of phenolic OH excluding ortho intramolecular Hbond substituents is 1. The van der Waals surface area contributed by atoms with Gasteiger partial charge in [0.1, 0.15) is 5.75 Å². The number of aromatic nitrogens is 1. The molecule has 2 atom stereocenters. The van der Waals surface area contributed by atoms with E-state index in [1.165, 1.54) is 16.8 Å². The van der Waals surface area contributed by atoms with Gasteiger partial charge in [0, 0.05) is 34.5 Å². The largest absolute Gasteiger partial charge is 0.508 e. The van der Waals surface area contributed by atoms with Gasteiger partial charge < -0.3 is 10.0 Å². The van der Waals surface area contributed by atoms with Gasteiger partial charge in [-0.05, 0) is 73.8 Å². The third kappa shape index (κ3) is 2.72. The molecular weight excluding hydrogens is 356 g/mol. The highest BCUT2D eigenvalue weighted by molar-refractivity contribution is 6.35. The average Bonchev–Trinajstić information content (AvgIpc) is 2.65. The molecular formula is C23H23ClN2O. The van der Waals surface area contributed by atoms with Crippen LogP contribution < -0.4 is 0 Å². The van der Waals surface area contributed by atoms with Crippen LogP contribution in [0.5, 0.6) is 5.75 Å². The normalized spacial score (nSPS) is 25.2. The Morgan fingerprint density at radius 2 is 2.04 bits per heavy atom. The summed E-state index contributed by atoms with van der Waals surface area (Å²) >= 11 is 6.42. The molecule has 4 heteroatoms. The van der Waals surface area contributed by atoms with Crippen molar-refractivity contribution in [3.8, 4) is 5.75 Å². The van der Waals surface area contributed by atoms with Crippen molar-refractivity contribution in [2.45, 2.75) is 24.7 Å². The van der Waals surface area contributed by atoms with E-state index in [4.69, 9.17) is 16.6 Å². The van der Waals surface area contributed by atoms with Crippen molar-refractivity contribution in [2.75, 3.05) is 20.1 Å². The van der Waals surface area contributed by atoms with E-state index in [0.29, 0.717) is 11.7 Å². The fourth-order valence-corrected chi connectivity index (χ4v) is 5.39. The van der Waals surface area contributed by atoms with Crippen molar-refractivity contribution in [3.05, 3.63) is 70.4 Å². The van der Waals surface area contributed by atoms with Crippen LogP contribution in [0.15, 0.2) is 48.5 Å². The minimum atomic E-state index is 0.0392. The first-order valence-corrected chi connectivity index (χ1v) is 9.98. The second kappa shape index (κ2) is 6.22. The van der Waals surface area contributed by atoms with Crippen LogP contribution in [0, 0.1) is 5.92 Å². The Kier molecular flexibility index (Phi) is 3.92. The lowest BCUT2D eigenvalue weighted by Gasteiger charge is -2.50. The maximum atomic E-state index is 10.1. The number of hydrogen-bond donors (Lipinski definition) is 1. The molecule has 1 aliphatic carbocycles. The number of rotatable bonds is 1. The highest BCUT2D eigenvalue weighted by Gasteiger charge is 2.47. The van der Waals surface area contributed by atoms with Gasteiger partial charge in [-0.25, -0.2) is 0 Å². The van der Waals surface area contributed by atoms with E-state index in [2.05, 4.69) is 24.1 Å². The van der Waals surface area contributed by atoms with Gasteiger partial charge in [-0.1, -0.05) is 29.8 Å².